The largest absolute Gasteiger partial charge is 0.394 e. The number of nitrogens with one attached hydrogen (secondary N) is 2. The van der Waals surface area contributed by atoms with Gasteiger partial charge in [0.25, 0.3) is 0 Å². The fourth-order valence-electron chi connectivity index (χ4n) is 6.69. The Labute approximate surface area is 274 Å². The minimum absolute atomic E-state index is 0.595. The van der Waals surface area contributed by atoms with Crippen molar-refractivity contribution in [3.05, 3.63) is 0 Å². The van der Waals surface area contributed by atoms with Gasteiger partial charge < -0.3 is 89.4 Å². The van der Waals surface area contributed by atoms with Gasteiger partial charge in [0.2, 0.25) is 11.8 Å². The van der Waals surface area contributed by atoms with E-state index >= 15 is 0 Å². The van der Waals surface area contributed by atoms with Crippen molar-refractivity contribution in [3.63, 3.8) is 0 Å². The van der Waals surface area contributed by atoms with E-state index in [0.717, 1.165) is 6.92 Å². The Morgan fingerprint density at radius 1 is 0.479 bits per heavy atom. The topological polar surface area (TPSA) is 294 Å². The van der Waals surface area contributed by atoms with Crippen molar-refractivity contribution < 1.29 is 88.3 Å². The normalized spacial score (nSPS) is 51.4. The Kier molecular flexibility index (Phi) is 11.9. The molecule has 8 fully saturated rings. The zero-order valence-electron chi connectivity index (χ0n) is 26.6. The summed E-state index contributed by atoms with van der Waals surface area (Å²) in [7, 11) is 0. The highest BCUT2D eigenvalue weighted by atomic mass is 16.8. The zero-order valence-corrected chi connectivity index (χ0v) is 26.6. The molecule has 0 aliphatic carbocycles. The molecule has 2 amide bonds. The van der Waals surface area contributed by atoms with E-state index in [9.17, 15) is 50.4 Å². The van der Waals surface area contributed by atoms with Gasteiger partial charge in [-0.05, 0) is 13.8 Å². The van der Waals surface area contributed by atoms with Gasteiger partial charge in [0.1, 0.15) is 79.3 Å². The third-order valence-corrected chi connectivity index (χ3v) is 9.17. The summed E-state index contributed by atoms with van der Waals surface area (Å²) >= 11 is 0. The second-order valence-corrected chi connectivity index (χ2v) is 12.7. The molecule has 8 heterocycles. The van der Waals surface area contributed by atoms with Crippen LogP contribution in [0.5, 0.6) is 0 Å². The van der Waals surface area contributed by atoms with Gasteiger partial charge >= 0.3 is 0 Å². The number of carbonyl (C=O) groups excluding carboxylic acids is 2. The van der Waals surface area contributed by atoms with Crippen LogP contribution in [0, 0.1) is 0 Å². The molecule has 10 N–H and O–H groups in total. The van der Waals surface area contributed by atoms with Gasteiger partial charge in [-0.25, -0.2) is 0 Å². The Morgan fingerprint density at radius 2 is 0.979 bits per heavy atom. The van der Waals surface area contributed by atoms with Gasteiger partial charge in [-0.1, -0.05) is 0 Å². The van der Waals surface area contributed by atoms with Crippen molar-refractivity contribution in [2.75, 3.05) is 13.2 Å². The maximum atomic E-state index is 12.4. The maximum Gasteiger partial charge on any atom is 0.217 e. The fraction of sp³-hybridized carbons (Fsp3) is 0.929. The van der Waals surface area contributed by atoms with Crippen molar-refractivity contribution in [2.24, 2.45) is 0 Å². The van der Waals surface area contributed by atoms with Crippen LogP contribution in [0.3, 0.4) is 0 Å². The molecule has 8 rings (SSSR count). The molecule has 20 atom stereocenters. The fourth-order valence-corrected chi connectivity index (χ4v) is 6.69. The van der Waals surface area contributed by atoms with Gasteiger partial charge in [0, 0.05) is 13.8 Å². The van der Waals surface area contributed by atoms with Crippen LogP contribution in [0.1, 0.15) is 27.7 Å². The monoisotopic (exact) mass is 698 g/mol. The molecule has 0 unspecified atom stereocenters. The van der Waals surface area contributed by atoms with E-state index in [1.54, 1.807) is 0 Å². The summed E-state index contributed by atoms with van der Waals surface area (Å²) in [5.41, 5.74) is 0. The number of rotatable bonds is 4. The molecule has 8 aliphatic heterocycles. The number of carbonyl (C=O) groups is 2. The highest BCUT2D eigenvalue weighted by molar-refractivity contribution is 5.73. The summed E-state index contributed by atoms with van der Waals surface area (Å²) in [4.78, 5) is 24.7. The molecule has 48 heavy (non-hydrogen) atoms. The quantitative estimate of drug-likeness (QED) is 0.131. The van der Waals surface area contributed by atoms with Crippen LogP contribution in [0.4, 0.5) is 0 Å². The van der Waals surface area contributed by atoms with Gasteiger partial charge in [0.15, 0.2) is 25.2 Å². The second kappa shape index (κ2) is 15.3. The number of ether oxygens (including phenoxy) is 8. The van der Waals surface area contributed by atoms with Gasteiger partial charge in [-0.3, -0.25) is 9.59 Å². The molecule has 8 saturated heterocycles. The van der Waals surface area contributed by atoms with E-state index in [1.807, 2.05) is 0 Å². The Hall–Kier alpha value is -1.70. The predicted octanol–water partition coefficient (Wildman–Crippen LogP) is -6.36. The van der Waals surface area contributed by atoms with Crippen molar-refractivity contribution >= 4 is 11.8 Å². The van der Waals surface area contributed by atoms with E-state index in [1.165, 1.54) is 20.8 Å². The minimum Gasteiger partial charge on any atom is -0.394 e. The lowest BCUT2D eigenvalue weighted by atomic mass is 9.93. The van der Waals surface area contributed by atoms with Crippen LogP contribution in [0.15, 0.2) is 0 Å². The first-order valence-corrected chi connectivity index (χ1v) is 15.7. The summed E-state index contributed by atoms with van der Waals surface area (Å²) < 4.78 is 47.1. The van der Waals surface area contributed by atoms with Crippen molar-refractivity contribution in [2.45, 2.75) is 150 Å². The third-order valence-electron chi connectivity index (χ3n) is 9.17. The van der Waals surface area contributed by atoms with Gasteiger partial charge in [-0.2, -0.15) is 0 Å². The molecule has 0 spiro atoms. The molecular formula is C28H46N2O18. The van der Waals surface area contributed by atoms with Crippen LogP contribution in [0.25, 0.3) is 0 Å². The molecule has 20 heteroatoms. The standard InChI is InChI=1S/C28H46N2O18/c1-7-15(35)24-20(40)28(41-7)46-22-12(6-32)44-27(19(39)18(22)38)47-23-14(30-10(4)34)25(43-11(5-31)16(23)36)45-21-8(2)42-26(48-24)17(37)13(21)29-9(3)33/h7-8,11-28,31-32,35-40H,5-6H2,1-4H3,(H,29,33)(H,30,34)/t7-,8+,11+,12+,13+,14+,15-,16-,17+,18+,19+,20+,21+,22-,23+,24+,25+,26+,27-,28-/m0/s1. The highest BCUT2D eigenvalue weighted by Crippen LogP contribution is 2.36. The van der Waals surface area contributed by atoms with E-state index in [-0.39, 0.29) is 0 Å². The van der Waals surface area contributed by atoms with Crippen LogP contribution in [-0.4, -0.2) is 189 Å². The minimum atomic E-state index is -1.92. The Bertz CT molecular complexity index is 1120. The molecule has 0 aromatic rings. The lowest BCUT2D eigenvalue weighted by molar-refractivity contribution is -0.391. The molecule has 276 valence electrons. The van der Waals surface area contributed by atoms with Crippen LogP contribution >= 0.6 is 0 Å². The average Bonchev–Trinajstić information content (AvgIpc) is 3.02. The van der Waals surface area contributed by atoms with Gasteiger partial charge in [0.05, 0.1) is 31.5 Å². The lowest BCUT2D eigenvalue weighted by Gasteiger charge is -2.52. The van der Waals surface area contributed by atoms with Crippen LogP contribution < -0.4 is 10.6 Å². The van der Waals surface area contributed by atoms with E-state index < -0.39 is 148 Å². The number of amides is 2. The first-order chi connectivity index (χ1) is 22.7. The first kappa shape index (κ1) is 37.6. The maximum absolute atomic E-state index is 12.4. The van der Waals surface area contributed by atoms with Crippen LogP contribution in [0.2, 0.25) is 0 Å². The summed E-state index contributed by atoms with van der Waals surface area (Å²) in [5.74, 6) is -1.24. The number of hydrogen-bond acceptors (Lipinski definition) is 18. The lowest BCUT2D eigenvalue weighted by Crippen LogP contribution is -2.71. The molecule has 0 aromatic heterocycles. The van der Waals surface area contributed by atoms with E-state index in [2.05, 4.69) is 10.6 Å². The number of hydrogen-bond donors (Lipinski definition) is 10. The van der Waals surface area contributed by atoms with E-state index in [0.29, 0.717) is 0 Å². The summed E-state index contributed by atoms with van der Waals surface area (Å²) in [6.07, 6.45) is -28.0. The predicted molar refractivity (Wildman–Crippen MR) is 151 cm³/mol. The van der Waals surface area contributed by atoms with Gasteiger partial charge in [-0.15, -0.1) is 0 Å². The smallest absolute Gasteiger partial charge is 0.217 e. The molecule has 0 saturated carbocycles. The third kappa shape index (κ3) is 7.35. The summed E-state index contributed by atoms with van der Waals surface area (Å²) in [6, 6.07) is -2.71. The van der Waals surface area contributed by atoms with Crippen molar-refractivity contribution in [3.8, 4) is 0 Å². The zero-order chi connectivity index (χ0) is 35.2. The SMILES string of the molecule is CC(=O)N[C@@H]1[C@@H](O)[C@H]2O[C@@H]3[C@@H](O)[C@H](C)O[C@@H](O[C@@H]4[C@H](O)[C@@H](O)[C@H](O[C@H]5[C@@H](O)[C@@H](CO)O[C@H](O[C@@H]1[C@@H](C)O2)[C@@H]5NC(C)=O)O[C@@H]4CO)[C@@H]3O. The first-order valence-electron chi connectivity index (χ1n) is 15.7. The highest BCUT2D eigenvalue weighted by Gasteiger charge is 2.57. The number of aliphatic hydroxyl groups is 8. The average molecular weight is 699 g/mol. The second-order valence-electron chi connectivity index (χ2n) is 12.7. The molecule has 8 aliphatic rings. The molecule has 20 nitrogen and oxygen atoms in total. The van der Waals surface area contributed by atoms with Crippen molar-refractivity contribution in [1.29, 1.82) is 0 Å². The van der Waals surface area contributed by atoms with Crippen molar-refractivity contribution in [1.82, 2.24) is 10.6 Å². The molecule has 0 aromatic carbocycles. The Balaban J connectivity index is 1.60. The summed E-state index contributed by atoms with van der Waals surface area (Å²) in [6.45, 7) is 3.69. The van der Waals surface area contributed by atoms with E-state index in [4.69, 9.17) is 37.9 Å². The molecule has 8 bridgehead atoms. The molecular weight excluding hydrogens is 652 g/mol. The number of aliphatic hydroxyl groups excluding tert-OH is 8. The Morgan fingerprint density at radius 3 is 1.60 bits per heavy atom. The van der Waals surface area contributed by atoms with Crippen LogP contribution in [-0.2, 0) is 47.5 Å². The molecule has 0 radical (unpaired) electrons. The summed E-state index contributed by atoms with van der Waals surface area (Å²) in [5, 5.41) is 92.5.